The second-order valence-electron chi connectivity index (χ2n) is 6.78. The lowest BCUT2D eigenvalue weighted by Crippen LogP contribution is -2.29. The zero-order valence-corrected chi connectivity index (χ0v) is 17.2. The first-order valence-electron chi connectivity index (χ1n) is 9.03. The quantitative estimate of drug-likeness (QED) is 0.493. The van der Waals surface area contributed by atoms with Gasteiger partial charge in [-0.3, -0.25) is 4.79 Å². The first kappa shape index (κ1) is 20.9. The van der Waals surface area contributed by atoms with Gasteiger partial charge >= 0.3 is 0 Å². The predicted octanol–water partition coefficient (Wildman–Crippen LogP) is 5.46. The van der Waals surface area contributed by atoms with Crippen molar-refractivity contribution in [3.05, 3.63) is 81.3 Å². The predicted molar refractivity (Wildman–Crippen MR) is 116 cm³/mol. The van der Waals surface area contributed by atoms with Gasteiger partial charge in [0.05, 0.1) is 11.6 Å². The number of benzene rings is 3. The second-order valence-corrected chi connectivity index (χ2v) is 7.62. The van der Waals surface area contributed by atoms with Crippen molar-refractivity contribution in [2.24, 2.45) is 0 Å². The summed E-state index contributed by atoms with van der Waals surface area (Å²) in [7, 11) is 1.68. The molecule has 0 aromatic heterocycles. The van der Waals surface area contributed by atoms with E-state index in [1.54, 1.807) is 42.3 Å². The Bertz CT molecular complexity index is 1120. The molecule has 1 amide bonds. The van der Waals surface area contributed by atoms with Crippen LogP contribution in [-0.2, 0) is 4.79 Å². The summed E-state index contributed by atoms with van der Waals surface area (Å²) in [5.41, 5.74) is 1.58. The molecule has 0 saturated carbocycles. The van der Waals surface area contributed by atoms with Crippen molar-refractivity contribution in [3.8, 4) is 6.07 Å². The summed E-state index contributed by atoms with van der Waals surface area (Å²) in [5.74, 6) is -0.651. The van der Waals surface area contributed by atoms with E-state index in [9.17, 15) is 14.9 Å². The molecule has 0 saturated heterocycles. The van der Waals surface area contributed by atoms with Gasteiger partial charge < -0.3 is 9.69 Å². The molecule has 146 valence electrons. The summed E-state index contributed by atoms with van der Waals surface area (Å²) in [4.78, 5) is 26.2. The van der Waals surface area contributed by atoms with Crippen LogP contribution in [0.4, 0.5) is 0 Å². The number of fused-ring (bicyclic) bond motifs is 1. The molecule has 0 aliphatic rings. The van der Waals surface area contributed by atoms with Crippen LogP contribution in [0.1, 0.15) is 33.8 Å². The van der Waals surface area contributed by atoms with Crippen LogP contribution in [0.3, 0.4) is 0 Å². The van der Waals surface area contributed by atoms with Gasteiger partial charge in [0.2, 0.25) is 0 Å². The summed E-state index contributed by atoms with van der Waals surface area (Å²) < 4.78 is 0. The molecule has 0 aliphatic heterocycles. The largest absolute Gasteiger partial charge is 0.342 e. The third kappa shape index (κ3) is 4.59. The second kappa shape index (κ2) is 9.09. The van der Waals surface area contributed by atoms with Crippen molar-refractivity contribution in [2.45, 2.75) is 12.3 Å². The standard InChI is InChI=1S/C23H18Cl2N2O2/c1-27(9-8-17(14-28)20-7-6-18(24)12-22(20)25)23(29)21-11-15(13-26)10-16-4-2-3-5-19(16)21/h2-7,10-12,14,17H,8-9H2,1H3/t17-/m1/s1. The fourth-order valence-electron chi connectivity index (χ4n) is 3.29. The topological polar surface area (TPSA) is 61.2 Å². The Morgan fingerprint density at radius 3 is 2.62 bits per heavy atom. The molecular formula is C23H18Cl2N2O2. The number of hydrogen-bond donors (Lipinski definition) is 0. The molecule has 3 aromatic rings. The van der Waals surface area contributed by atoms with Crippen LogP contribution in [0.2, 0.25) is 10.0 Å². The van der Waals surface area contributed by atoms with E-state index >= 15 is 0 Å². The Balaban J connectivity index is 1.81. The highest BCUT2D eigenvalue weighted by Gasteiger charge is 2.19. The minimum atomic E-state index is -0.447. The first-order valence-corrected chi connectivity index (χ1v) is 9.78. The highest BCUT2D eigenvalue weighted by molar-refractivity contribution is 6.35. The Morgan fingerprint density at radius 1 is 1.17 bits per heavy atom. The Morgan fingerprint density at radius 2 is 1.93 bits per heavy atom. The molecule has 0 spiro atoms. The first-order chi connectivity index (χ1) is 13.9. The number of halogens is 2. The van der Waals surface area contributed by atoms with E-state index in [-0.39, 0.29) is 5.91 Å². The molecule has 0 heterocycles. The van der Waals surface area contributed by atoms with Crippen molar-refractivity contribution in [1.82, 2.24) is 4.90 Å². The molecule has 0 bridgehead atoms. The SMILES string of the molecule is CN(CC[C@H](C=O)c1ccc(Cl)cc1Cl)C(=O)c1cc(C#N)cc2ccccc12. The molecule has 4 nitrogen and oxygen atoms in total. The normalized spacial score (nSPS) is 11.7. The lowest BCUT2D eigenvalue weighted by atomic mass is 9.96. The maximum absolute atomic E-state index is 13.1. The number of carbonyl (C=O) groups excluding carboxylic acids is 2. The highest BCUT2D eigenvalue weighted by Crippen LogP contribution is 2.29. The van der Waals surface area contributed by atoms with E-state index in [0.717, 1.165) is 17.1 Å². The fourth-order valence-corrected chi connectivity index (χ4v) is 3.84. The van der Waals surface area contributed by atoms with Gasteiger partial charge in [0.1, 0.15) is 6.29 Å². The number of nitriles is 1. The summed E-state index contributed by atoms with van der Waals surface area (Å²) >= 11 is 12.1. The van der Waals surface area contributed by atoms with E-state index in [0.29, 0.717) is 39.7 Å². The third-order valence-electron chi connectivity index (χ3n) is 4.87. The number of amides is 1. The van der Waals surface area contributed by atoms with E-state index < -0.39 is 5.92 Å². The molecule has 0 aliphatic carbocycles. The van der Waals surface area contributed by atoms with Crippen molar-refractivity contribution in [1.29, 1.82) is 5.26 Å². The summed E-state index contributed by atoms with van der Waals surface area (Å²) in [5, 5.41) is 11.8. The zero-order chi connectivity index (χ0) is 21.0. The number of nitrogens with zero attached hydrogens (tertiary/aromatic N) is 2. The molecule has 1 atom stereocenters. The third-order valence-corrected chi connectivity index (χ3v) is 5.43. The molecule has 29 heavy (non-hydrogen) atoms. The van der Waals surface area contributed by atoms with Crippen molar-refractivity contribution < 1.29 is 9.59 Å². The molecule has 3 rings (SSSR count). The molecule has 0 N–H and O–H groups in total. The van der Waals surface area contributed by atoms with Crippen LogP contribution in [0, 0.1) is 11.3 Å². The number of carbonyl (C=O) groups is 2. The summed E-state index contributed by atoms with van der Waals surface area (Å²) in [6, 6.07) is 17.9. The van der Waals surface area contributed by atoms with Gasteiger partial charge in [-0.15, -0.1) is 0 Å². The highest BCUT2D eigenvalue weighted by atomic mass is 35.5. The van der Waals surface area contributed by atoms with Crippen molar-refractivity contribution >= 4 is 46.2 Å². The van der Waals surface area contributed by atoms with Gasteiger partial charge in [-0.2, -0.15) is 5.26 Å². The average Bonchev–Trinajstić information content (AvgIpc) is 2.73. The van der Waals surface area contributed by atoms with Crippen LogP contribution in [0.5, 0.6) is 0 Å². The zero-order valence-electron chi connectivity index (χ0n) is 15.7. The van der Waals surface area contributed by atoms with Crippen LogP contribution >= 0.6 is 23.2 Å². The van der Waals surface area contributed by atoms with Crippen molar-refractivity contribution in [3.63, 3.8) is 0 Å². The maximum Gasteiger partial charge on any atom is 0.254 e. The average molecular weight is 425 g/mol. The lowest BCUT2D eigenvalue weighted by Gasteiger charge is -2.21. The molecule has 0 unspecified atom stereocenters. The lowest BCUT2D eigenvalue weighted by molar-refractivity contribution is -0.109. The van der Waals surface area contributed by atoms with E-state index in [2.05, 4.69) is 6.07 Å². The summed E-state index contributed by atoms with van der Waals surface area (Å²) in [6.45, 7) is 0.353. The monoisotopic (exact) mass is 424 g/mol. The van der Waals surface area contributed by atoms with Crippen LogP contribution in [0.25, 0.3) is 10.8 Å². The van der Waals surface area contributed by atoms with Gasteiger partial charge in [-0.25, -0.2) is 0 Å². The van der Waals surface area contributed by atoms with Gasteiger partial charge in [0, 0.05) is 35.1 Å². The van der Waals surface area contributed by atoms with E-state index in [4.69, 9.17) is 23.2 Å². The van der Waals surface area contributed by atoms with Crippen LogP contribution < -0.4 is 0 Å². The Hall–Kier alpha value is -2.87. The molecule has 0 radical (unpaired) electrons. The van der Waals surface area contributed by atoms with Crippen LogP contribution in [0.15, 0.2) is 54.6 Å². The fraction of sp³-hybridized carbons (Fsp3) is 0.174. The van der Waals surface area contributed by atoms with Gasteiger partial charge in [-0.05, 0) is 47.0 Å². The van der Waals surface area contributed by atoms with E-state index in [1.165, 1.54) is 0 Å². The number of hydrogen-bond acceptors (Lipinski definition) is 3. The molecule has 6 heteroatoms. The molecule has 3 aromatic carbocycles. The summed E-state index contributed by atoms with van der Waals surface area (Å²) in [6.07, 6.45) is 1.25. The maximum atomic E-state index is 13.1. The van der Waals surface area contributed by atoms with Crippen LogP contribution in [-0.4, -0.2) is 30.7 Å². The molecule has 0 fully saturated rings. The van der Waals surface area contributed by atoms with E-state index in [1.807, 2.05) is 24.3 Å². The Labute approximate surface area is 179 Å². The van der Waals surface area contributed by atoms with Gasteiger partial charge in [0.25, 0.3) is 5.91 Å². The minimum absolute atomic E-state index is 0.204. The smallest absolute Gasteiger partial charge is 0.254 e. The Kier molecular flexibility index (Phi) is 6.53. The van der Waals surface area contributed by atoms with Gasteiger partial charge in [-0.1, -0.05) is 53.5 Å². The minimum Gasteiger partial charge on any atom is -0.342 e. The number of rotatable bonds is 6. The van der Waals surface area contributed by atoms with Crippen molar-refractivity contribution in [2.75, 3.05) is 13.6 Å². The van der Waals surface area contributed by atoms with Gasteiger partial charge in [0.15, 0.2) is 0 Å². The molecular weight excluding hydrogens is 407 g/mol. The number of aldehydes is 1.